The third kappa shape index (κ3) is 6.04. The van der Waals surface area contributed by atoms with Crippen molar-refractivity contribution in [3.8, 4) is 0 Å². The van der Waals surface area contributed by atoms with Gasteiger partial charge in [-0.25, -0.2) is 23.1 Å². The maximum Gasteiger partial charge on any atom is 0.335 e. The van der Waals surface area contributed by atoms with Crippen molar-refractivity contribution in [2.75, 3.05) is 5.32 Å². The zero-order valence-corrected chi connectivity index (χ0v) is 25.2. The fraction of sp³-hybridized carbons (Fsp3) is 0.182. The molecule has 2 aromatic heterocycles. The van der Waals surface area contributed by atoms with Crippen LogP contribution in [0.3, 0.4) is 0 Å². The second kappa shape index (κ2) is 12.7. The number of carboxylic acids is 1. The zero-order valence-electron chi connectivity index (χ0n) is 24.4. The smallest absolute Gasteiger partial charge is 0.335 e. The van der Waals surface area contributed by atoms with Crippen molar-refractivity contribution in [3.63, 3.8) is 0 Å². The lowest BCUT2D eigenvalue weighted by atomic mass is 9.98. The molecule has 0 radical (unpaired) electrons. The summed E-state index contributed by atoms with van der Waals surface area (Å²) < 4.78 is 28.6. The Morgan fingerprint density at radius 2 is 1.80 bits per heavy atom. The SMILES string of the molecule is Cc1c(C(=O)O)ccc2c1CC[C@@H]2NCc1cc(C(=O)NCc2ccc(F)c(F)c2)nc2c(C(=O)Nc3ccccc3Cl)cnn12. The van der Waals surface area contributed by atoms with E-state index in [1.54, 1.807) is 37.3 Å². The number of hydrogen-bond acceptors (Lipinski definition) is 6. The summed E-state index contributed by atoms with van der Waals surface area (Å²) in [7, 11) is 0. The van der Waals surface area contributed by atoms with Crippen molar-refractivity contribution >= 4 is 40.7 Å². The number of carbonyl (C=O) groups excluding carboxylic acids is 2. The van der Waals surface area contributed by atoms with Crippen LogP contribution in [0, 0.1) is 18.6 Å². The molecule has 2 heterocycles. The highest BCUT2D eigenvalue weighted by Gasteiger charge is 2.27. The first-order valence-corrected chi connectivity index (χ1v) is 14.7. The summed E-state index contributed by atoms with van der Waals surface area (Å²) in [6.45, 7) is 1.94. The van der Waals surface area contributed by atoms with E-state index in [4.69, 9.17) is 11.6 Å². The first-order valence-electron chi connectivity index (χ1n) is 14.4. The predicted octanol–water partition coefficient (Wildman–Crippen LogP) is 5.63. The molecule has 234 valence electrons. The Morgan fingerprint density at radius 1 is 1.00 bits per heavy atom. The third-order valence-corrected chi connectivity index (χ3v) is 8.36. The molecule has 0 aliphatic heterocycles. The Hall–Kier alpha value is -5.20. The van der Waals surface area contributed by atoms with Crippen LogP contribution in [0.2, 0.25) is 5.02 Å². The number of carboxylic acid groups (broad SMARTS) is 1. The van der Waals surface area contributed by atoms with Gasteiger partial charge in [-0.1, -0.05) is 35.9 Å². The molecule has 1 aliphatic carbocycles. The summed E-state index contributed by atoms with van der Waals surface area (Å²) in [5, 5.41) is 23.1. The van der Waals surface area contributed by atoms with Crippen molar-refractivity contribution in [2.24, 2.45) is 0 Å². The average Bonchev–Trinajstić information content (AvgIpc) is 3.66. The van der Waals surface area contributed by atoms with Crippen LogP contribution in [0.4, 0.5) is 14.5 Å². The lowest BCUT2D eigenvalue weighted by Gasteiger charge is -2.16. The molecule has 13 heteroatoms. The molecule has 0 spiro atoms. The van der Waals surface area contributed by atoms with Crippen LogP contribution in [-0.2, 0) is 19.5 Å². The van der Waals surface area contributed by atoms with E-state index in [0.717, 1.165) is 35.2 Å². The van der Waals surface area contributed by atoms with Gasteiger partial charge in [0.05, 0.1) is 28.2 Å². The van der Waals surface area contributed by atoms with Gasteiger partial charge >= 0.3 is 5.97 Å². The number of para-hydroxylation sites is 1. The number of halogens is 3. The first kappa shape index (κ1) is 30.8. The lowest BCUT2D eigenvalue weighted by molar-refractivity contribution is 0.0695. The Morgan fingerprint density at radius 3 is 2.57 bits per heavy atom. The van der Waals surface area contributed by atoms with Crippen LogP contribution in [0.15, 0.2) is 66.9 Å². The second-order valence-corrected chi connectivity index (χ2v) is 11.3. The Balaban J connectivity index is 1.31. The summed E-state index contributed by atoms with van der Waals surface area (Å²) in [5.41, 5.74) is 4.45. The van der Waals surface area contributed by atoms with Gasteiger partial charge in [0.25, 0.3) is 11.8 Å². The summed E-state index contributed by atoms with van der Waals surface area (Å²) in [4.78, 5) is 42.7. The van der Waals surface area contributed by atoms with Crippen LogP contribution in [-0.4, -0.2) is 37.5 Å². The van der Waals surface area contributed by atoms with Crippen molar-refractivity contribution < 1.29 is 28.3 Å². The van der Waals surface area contributed by atoms with E-state index in [2.05, 4.69) is 26.0 Å². The molecule has 3 aromatic carbocycles. The largest absolute Gasteiger partial charge is 0.478 e. The highest BCUT2D eigenvalue weighted by atomic mass is 35.5. The predicted molar refractivity (Wildman–Crippen MR) is 166 cm³/mol. The highest BCUT2D eigenvalue weighted by Crippen LogP contribution is 2.35. The second-order valence-electron chi connectivity index (χ2n) is 10.9. The van der Waals surface area contributed by atoms with E-state index in [1.165, 1.54) is 22.8 Å². The molecule has 10 nitrogen and oxygen atoms in total. The molecule has 0 unspecified atom stereocenters. The van der Waals surface area contributed by atoms with Gasteiger partial charge in [-0.15, -0.1) is 0 Å². The van der Waals surface area contributed by atoms with Crippen LogP contribution in [0.5, 0.6) is 0 Å². The molecule has 0 bridgehead atoms. The van der Waals surface area contributed by atoms with Crippen LogP contribution in [0.1, 0.15) is 71.6 Å². The van der Waals surface area contributed by atoms with Crippen LogP contribution < -0.4 is 16.0 Å². The Labute approximate surface area is 266 Å². The van der Waals surface area contributed by atoms with Crippen molar-refractivity contribution in [1.82, 2.24) is 25.2 Å². The minimum Gasteiger partial charge on any atom is -0.478 e. The van der Waals surface area contributed by atoms with E-state index in [9.17, 15) is 28.3 Å². The molecule has 46 heavy (non-hydrogen) atoms. The van der Waals surface area contributed by atoms with E-state index in [-0.39, 0.29) is 41.6 Å². The number of amides is 2. The van der Waals surface area contributed by atoms with Crippen LogP contribution in [0.25, 0.3) is 5.65 Å². The minimum absolute atomic E-state index is 0.0204. The summed E-state index contributed by atoms with van der Waals surface area (Å²) in [6, 6.07) is 14.9. The molecule has 1 aliphatic rings. The number of fused-ring (bicyclic) bond motifs is 2. The number of nitrogens with one attached hydrogen (secondary N) is 3. The molecule has 5 aromatic rings. The van der Waals surface area contributed by atoms with E-state index >= 15 is 0 Å². The molecule has 1 atom stereocenters. The number of anilines is 1. The molecule has 0 fully saturated rings. The lowest BCUT2D eigenvalue weighted by Crippen LogP contribution is -2.26. The van der Waals surface area contributed by atoms with Gasteiger partial charge in [0.15, 0.2) is 17.3 Å². The minimum atomic E-state index is -1.03. The standard InChI is InChI=1S/C33H27ClF2N6O4/c1-17-20-9-11-27(22(20)8-7-21(17)33(45)46)37-15-19-13-29(32(44)38-14-18-6-10-25(35)26(36)12-18)40-30-23(16-39-42(19)30)31(43)41-28-5-3-2-4-24(28)34/h2-8,10,12-13,16,27,37H,9,11,14-15H2,1H3,(H,38,44)(H,41,43)(H,45,46)/t27-/m0/s1. The monoisotopic (exact) mass is 644 g/mol. The number of benzene rings is 3. The number of hydrogen-bond donors (Lipinski definition) is 4. The average molecular weight is 645 g/mol. The van der Waals surface area contributed by atoms with Crippen LogP contribution >= 0.6 is 11.6 Å². The first-order chi connectivity index (χ1) is 22.1. The summed E-state index contributed by atoms with van der Waals surface area (Å²) in [5.74, 6) is -4.14. The Kier molecular flexibility index (Phi) is 8.48. The summed E-state index contributed by atoms with van der Waals surface area (Å²) >= 11 is 6.23. The van der Waals surface area contributed by atoms with Crippen molar-refractivity contribution in [1.29, 1.82) is 0 Å². The van der Waals surface area contributed by atoms with Gasteiger partial charge < -0.3 is 21.1 Å². The van der Waals surface area contributed by atoms with E-state index < -0.39 is 29.4 Å². The Bertz CT molecular complexity index is 2030. The zero-order chi connectivity index (χ0) is 32.5. The van der Waals surface area contributed by atoms with Crippen molar-refractivity contribution in [3.05, 3.63) is 128 Å². The quantitative estimate of drug-likeness (QED) is 0.163. The number of nitrogens with zero attached hydrogens (tertiary/aromatic N) is 3. The van der Waals surface area contributed by atoms with E-state index in [1.807, 2.05) is 6.07 Å². The number of aromatic carboxylic acids is 1. The van der Waals surface area contributed by atoms with Gasteiger partial charge in [0.2, 0.25) is 0 Å². The molecular weight excluding hydrogens is 618 g/mol. The third-order valence-electron chi connectivity index (χ3n) is 8.04. The summed E-state index contributed by atoms with van der Waals surface area (Å²) in [6.07, 6.45) is 2.79. The molecule has 0 saturated heterocycles. The number of rotatable bonds is 9. The van der Waals surface area contributed by atoms with Crippen molar-refractivity contribution in [2.45, 2.75) is 38.9 Å². The molecule has 4 N–H and O–H groups in total. The van der Waals surface area contributed by atoms with Gasteiger partial charge in [0.1, 0.15) is 11.3 Å². The molecule has 6 rings (SSSR count). The maximum atomic E-state index is 13.7. The fourth-order valence-electron chi connectivity index (χ4n) is 5.65. The van der Waals surface area contributed by atoms with Gasteiger partial charge in [-0.3, -0.25) is 9.59 Å². The normalized spacial score (nSPS) is 13.9. The topological polar surface area (TPSA) is 138 Å². The highest BCUT2D eigenvalue weighted by molar-refractivity contribution is 6.34. The van der Waals surface area contributed by atoms with Gasteiger partial charge in [-0.05, 0) is 78.4 Å². The fourth-order valence-corrected chi connectivity index (χ4v) is 5.84. The molecular formula is C33H27ClF2N6O4. The maximum absolute atomic E-state index is 13.7. The van der Waals surface area contributed by atoms with Gasteiger partial charge in [0, 0.05) is 19.1 Å². The molecule has 2 amide bonds. The van der Waals surface area contributed by atoms with Gasteiger partial charge in [-0.2, -0.15) is 5.10 Å². The number of aromatic nitrogens is 3. The molecule has 0 saturated carbocycles. The number of carbonyl (C=O) groups is 3. The van der Waals surface area contributed by atoms with E-state index in [0.29, 0.717) is 28.4 Å².